The monoisotopic (exact) mass is 1030 g/mol. The van der Waals surface area contributed by atoms with Crippen molar-refractivity contribution in [3.8, 4) is 50.7 Å². The minimum atomic E-state index is -2.10. The zero-order valence-corrected chi connectivity index (χ0v) is 40.6. The minimum absolute atomic E-state index is 0. The molecular weight excluding hydrogens is 977 g/mol. The molecule has 0 aliphatic carbocycles. The summed E-state index contributed by atoms with van der Waals surface area (Å²) in [5.74, 6) is 2.01. The molecule has 10 aromatic rings. The molecule has 10 rings (SSSR count). The molecule has 0 N–H and O–H groups in total. The molecule has 0 bridgehead atoms. The summed E-state index contributed by atoms with van der Waals surface area (Å²) in [6.07, 6.45) is 1.75. The largest absolute Gasteiger partial charge is 0.501 e. The van der Waals surface area contributed by atoms with Gasteiger partial charge in [0.2, 0.25) is 0 Å². The van der Waals surface area contributed by atoms with E-state index in [4.69, 9.17) is 13.5 Å². The second kappa shape index (κ2) is 18.5. The molecule has 0 spiro atoms. The van der Waals surface area contributed by atoms with E-state index in [1.807, 2.05) is 18.2 Å². The molecule has 5 nitrogen and oxygen atoms in total. The predicted molar refractivity (Wildman–Crippen MR) is 266 cm³/mol. The Balaban J connectivity index is 0.000000244. The Kier molecular flexibility index (Phi) is 11.7. The van der Waals surface area contributed by atoms with Crippen LogP contribution in [0.4, 0.5) is 0 Å². The van der Waals surface area contributed by atoms with Crippen LogP contribution in [0.3, 0.4) is 0 Å². The normalized spacial score (nSPS) is 12.5. The Morgan fingerprint density at radius 2 is 1.33 bits per heavy atom. The topological polar surface area (TPSA) is 56.7 Å². The molecule has 64 heavy (non-hydrogen) atoms. The molecule has 0 aliphatic heterocycles. The van der Waals surface area contributed by atoms with E-state index in [0.717, 1.165) is 60.8 Å². The van der Waals surface area contributed by atoms with Crippen molar-refractivity contribution in [2.24, 2.45) is 0 Å². The van der Waals surface area contributed by atoms with Gasteiger partial charge in [0.05, 0.1) is 28.3 Å². The standard InChI is InChI=1S/C43H35N2O.C14H17N2Si.Ir/c1-27(2)36-24-32(30-16-9-6-10-17-30)25-37(28(3)4)41(36)45-39-21-12-11-20-38(39)44-43(45)35-19-13-18-34-33-23-22-31(26-40(33)46-42(34)35)29-14-7-5-8-15-29;1-11-5-7-12(8-6-11)14-15-10-9-13(16-14)17(2,3)4;/h5-18,20-28H,1-4H3;5-7,9-10H,1-4H3;/q2*-1;/i;1D3;. The number of rotatable bonds is 8. The third-order valence-electron chi connectivity index (χ3n) is 11.5. The van der Waals surface area contributed by atoms with Crippen LogP contribution in [0.25, 0.3) is 83.7 Å². The molecule has 321 valence electrons. The van der Waals surface area contributed by atoms with Crippen LogP contribution in [0.2, 0.25) is 19.6 Å². The van der Waals surface area contributed by atoms with Gasteiger partial charge in [0.25, 0.3) is 0 Å². The summed E-state index contributed by atoms with van der Waals surface area (Å²) < 4.78 is 31.2. The van der Waals surface area contributed by atoms with E-state index in [0.29, 0.717) is 5.82 Å². The fraction of sp³-hybridized carbons (Fsp3) is 0.175. The van der Waals surface area contributed by atoms with Gasteiger partial charge in [0.1, 0.15) is 13.7 Å². The maximum Gasteiger partial charge on any atom is 0.121 e. The van der Waals surface area contributed by atoms with Crippen molar-refractivity contribution in [3.05, 3.63) is 187 Å². The smallest absolute Gasteiger partial charge is 0.121 e. The zero-order chi connectivity index (χ0) is 46.3. The van der Waals surface area contributed by atoms with Crippen LogP contribution in [0.1, 0.15) is 60.3 Å². The van der Waals surface area contributed by atoms with Gasteiger partial charge < -0.3 is 8.98 Å². The van der Waals surface area contributed by atoms with Gasteiger partial charge in [-0.25, -0.2) is 0 Å². The Morgan fingerprint density at radius 3 is 1.97 bits per heavy atom. The van der Waals surface area contributed by atoms with E-state index in [1.54, 1.807) is 18.3 Å². The van der Waals surface area contributed by atoms with Gasteiger partial charge in [0, 0.05) is 46.8 Å². The summed E-state index contributed by atoms with van der Waals surface area (Å²) >= 11 is 0. The van der Waals surface area contributed by atoms with Gasteiger partial charge in [-0.05, 0) is 81.6 Å². The van der Waals surface area contributed by atoms with E-state index in [9.17, 15) is 0 Å². The molecule has 0 fully saturated rings. The average Bonchev–Trinajstić information content (AvgIpc) is 3.90. The number of hydrogen-bond acceptors (Lipinski definition) is 4. The van der Waals surface area contributed by atoms with Crippen molar-refractivity contribution < 1.29 is 28.6 Å². The number of aromatic nitrogens is 4. The first kappa shape index (κ1) is 40.5. The van der Waals surface area contributed by atoms with E-state index >= 15 is 0 Å². The number of fused-ring (bicyclic) bond motifs is 4. The van der Waals surface area contributed by atoms with Crippen molar-refractivity contribution in [1.29, 1.82) is 0 Å². The van der Waals surface area contributed by atoms with Crippen molar-refractivity contribution in [1.82, 2.24) is 19.5 Å². The zero-order valence-electron chi connectivity index (χ0n) is 40.2. The van der Waals surface area contributed by atoms with Crippen molar-refractivity contribution in [2.45, 2.75) is 66.0 Å². The van der Waals surface area contributed by atoms with Crippen LogP contribution in [0.15, 0.2) is 162 Å². The number of para-hydroxylation sites is 2. The van der Waals surface area contributed by atoms with Crippen molar-refractivity contribution in [2.75, 3.05) is 0 Å². The van der Waals surface area contributed by atoms with Crippen LogP contribution < -0.4 is 5.32 Å². The van der Waals surface area contributed by atoms with Crippen LogP contribution in [-0.2, 0) is 20.1 Å². The molecule has 0 saturated heterocycles. The fourth-order valence-corrected chi connectivity index (χ4v) is 9.24. The predicted octanol–water partition coefficient (Wildman–Crippen LogP) is 14.8. The van der Waals surface area contributed by atoms with E-state index in [2.05, 4.69) is 189 Å². The maximum atomic E-state index is 7.35. The summed E-state index contributed by atoms with van der Waals surface area (Å²) in [6.45, 7) is 13.7. The van der Waals surface area contributed by atoms with Gasteiger partial charge in [0.15, 0.2) is 0 Å². The SMILES string of the molecule is CC(C)c1cc(-c2ccccc2)cc(C(C)C)c1-n1c(-c2[c-]ccc3c2oc2cc(-c4ccccc4)ccc23)nc2ccccc21.[2H]C([2H])([2H])c1c[c-]c(-c2nccc([Si](C)(C)C)n2)cc1.[Ir]. The molecule has 1 radical (unpaired) electrons. The quantitative estimate of drug-likeness (QED) is 0.112. The Hall–Kier alpha value is -6.24. The average molecular weight is 1030 g/mol. The summed E-state index contributed by atoms with van der Waals surface area (Å²) in [4.78, 5) is 14.1. The number of nitrogens with zero attached hydrogens (tertiary/aromatic N) is 4. The van der Waals surface area contributed by atoms with Gasteiger partial charge in [-0.3, -0.25) is 15.0 Å². The summed E-state index contributed by atoms with van der Waals surface area (Å²) in [5.41, 5.74) is 14.1. The van der Waals surface area contributed by atoms with E-state index in [1.165, 1.54) is 39.6 Å². The van der Waals surface area contributed by atoms with Crippen LogP contribution in [-0.4, -0.2) is 27.6 Å². The number of imidazole rings is 1. The first-order valence-corrected chi connectivity index (χ1v) is 25.2. The maximum absolute atomic E-state index is 7.35. The summed E-state index contributed by atoms with van der Waals surface area (Å²) in [5, 5.41) is 3.23. The molecule has 0 aliphatic rings. The molecule has 0 atom stereocenters. The molecule has 3 heterocycles. The molecular formula is C57H52IrN4OSi-2. The van der Waals surface area contributed by atoms with E-state index in [-0.39, 0.29) is 37.5 Å². The number of furan rings is 1. The van der Waals surface area contributed by atoms with Crippen LogP contribution in [0, 0.1) is 19.0 Å². The Morgan fingerprint density at radius 1 is 0.656 bits per heavy atom. The number of aryl methyl sites for hydroxylation is 1. The molecule has 0 amide bonds. The summed E-state index contributed by atoms with van der Waals surface area (Å²) in [7, 11) is -1.49. The third-order valence-corrected chi connectivity index (χ3v) is 13.4. The first-order chi connectivity index (χ1) is 31.7. The molecule has 7 heteroatoms. The fourth-order valence-electron chi connectivity index (χ4n) is 8.22. The molecule has 0 saturated carbocycles. The van der Waals surface area contributed by atoms with E-state index < -0.39 is 14.9 Å². The van der Waals surface area contributed by atoms with Crippen molar-refractivity contribution >= 4 is 46.4 Å². The third kappa shape index (κ3) is 8.81. The van der Waals surface area contributed by atoms with Gasteiger partial charge in [-0.15, -0.1) is 53.6 Å². The molecule has 7 aromatic carbocycles. The number of hydrogen-bond donors (Lipinski definition) is 0. The van der Waals surface area contributed by atoms with Crippen molar-refractivity contribution in [3.63, 3.8) is 0 Å². The second-order valence-corrected chi connectivity index (χ2v) is 22.7. The minimum Gasteiger partial charge on any atom is -0.501 e. The second-order valence-electron chi connectivity index (χ2n) is 17.7. The van der Waals surface area contributed by atoms with Crippen LogP contribution >= 0.6 is 0 Å². The number of benzene rings is 7. The molecule has 0 unspecified atom stereocenters. The van der Waals surface area contributed by atoms with Crippen LogP contribution in [0.5, 0.6) is 0 Å². The van der Waals surface area contributed by atoms with Gasteiger partial charge in [-0.1, -0.05) is 150 Å². The first-order valence-electron chi connectivity index (χ1n) is 23.2. The van der Waals surface area contributed by atoms with Gasteiger partial charge >= 0.3 is 0 Å². The molecule has 3 aromatic heterocycles. The Labute approximate surface area is 395 Å². The van der Waals surface area contributed by atoms with Gasteiger partial charge in [-0.2, -0.15) is 0 Å². The Bertz CT molecular complexity index is 3310. The summed E-state index contributed by atoms with van der Waals surface area (Å²) in [6, 6.07) is 58.2.